The van der Waals surface area contributed by atoms with E-state index in [9.17, 15) is 4.79 Å². The Morgan fingerprint density at radius 3 is 2.67 bits per heavy atom. The molecule has 0 aromatic carbocycles. The zero-order valence-corrected chi connectivity index (χ0v) is 9.40. The number of nitrogens with one attached hydrogen (secondary N) is 1. The molecule has 2 rings (SSSR count). The minimum absolute atomic E-state index is 0.0326. The van der Waals surface area contributed by atoms with Crippen molar-refractivity contribution < 1.29 is 9.53 Å². The number of amides is 1. The lowest BCUT2D eigenvalue weighted by Gasteiger charge is -2.42. The van der Waals surface area contributed by atoms with Crippen LogP contribution in [0.4, 0.5) is 0 Å². The minimum atomic E-state index is 0.0326. The first kappa shape index (κ1) is 10.9. The molecule has 2 aliphatic carbocycles. The molecule has 1 amide bonds. The molecule has 3 N–H and O–H groups in total. The molecule has 0 aromatic rings. The Hall–Kier alpha value is -0.610. The van der Waals surface area contributed by atoms with Gasteiger partial charge >= 0.3 is 0 Å². The maximum absolute atomic E-state index is 11.7. The molecule has 2 aliphatic rings. The molecule has 86 valence electrons. The Balaban J connectivity index is 1.79. The second kappa shape index (κ2) is 4.10. The smallest absolute Gasteiger partial charge is 0.223 e. The molecule has 4 nitrogen and oxygen atoms in total. The fraction of sp³-hybridized carbons (Fsp3) is 0.909. The molecule has 2 fully saturated rings. The van der Waals surface area contributed by atoms with Crippen LogP contribution in [0.3, 0.4) is 0 Å². The lowest BCUT2D eigenvalue weighted by molar-refractivity contribution is -0.127. The van der Waals surface area contributed by atoms with Crippen LogP contribution in [-0.4, -0.2) is 30.7 Å². The van der Waals surface area contributed by atoms with Crippen molar-refractivity contribution in [2.24, 2.45) is 17.6 Å². The van der Waals surface area contributed by atoms with E-state index in [0.717, 1.165) is 12.8 Å². The van der Waals surface area contributed by atoms with Gasteiger partial charge < -0.3 is 15.8 Å². The van der Waals surface area contributed by atoms with Gasteiger partial charge in [0.2, 0.25) is 5.91 Å². The Morgan fingerprint density at radius 2 is 2.20 bits per heavy atom. The van der Waals surface area contributed by atoms with Crippen molar-refractivity contribution >= 4 is 5.91 Å². The third-order valence-corrected chi connectivity index (χ3v) is 3.50. The Morgan fingerprint density at radius 1 is 1.53 bits per heavy atom. The van der Waals surface area contributed by atoms with E-state index < -0.39 is 0 Å². The fourth-order valence-corrected chi connectivity index (χ4v) is 2.19. The van der Waals surface area contributed by atoms with Crippen molar-refractivity contribution in [3.8, 4) is 0 Å². The van der Waals surface area contributed by atoms with Crippen molar-refractivity contribution in [3.05, 3.63) is 0 Å². The monoisotopic (exact) mass is 212 g/mol. The second-order valence-electron chi connectivity index (χ2n) is 4.75. The van der Waals surface area contributed by atoms with Gasteiger partial charge in [0.25, 0.3) is 0 Å². The number of ether oxygens (including phenoxy) is 1. The SMILES string of the molecule is CCOC1CC(N)C1NC(=O)C1CC1C. The lowest BCUT2D eigenvalue weighted by Crippen LogP contribution is -2.65. The molecule has 5 atom stereocenters. The predicted molar refractivity (Wildman–Crippen MR) is 57.2 cm³/mol. The first-order valence-electron chi connectivity index (χ1n) is 5.81. The zero-order chi connectivity index (χ0) is 11.0. The number of nitrogens with two attached hydrogens (primary N) is 1. The van der Waals surface area contributed by atoms with E-state index in [0.29, 0.717) is 12.5 Å². The van der Waals surface area contributed by atoms with Gasteiger partial charge in [0.15, 0.2) is 0 Å². The molecular weight excluding hydrogens is 192 g/mol. The van der Waals surface area contributed by atoms with Crippen LogP contribution in [0.25, 0.3) is 0 Å². The minimum Gasteiger partial charge on any atom is -0.376 e. The van der Waals surface area contributed by atoms with Gasteiger partial charge in [-0.25, -0.2) is 0 Å². The van der Waals surface area contributed by atoms with Crippen molar-refractivity contribution in [1.82, 2.24) is 5.32 Å². The number of rotatable bonds is 4. The van der Waals surface area contributed by atoms with Gasteiger partial charge in [0.1, 0.15) is 0 Å². The summed E-state index contributed by atoms with van der Waals surface area (Å²) in [7, 11) is 0. The van der Waals surface area contributed by atoms with Crippen LogP contribution in [0.1, 0.15) is 26.7 Å². The third-order valence-electron chi connectivity index (χ3n) is 3.50. The summed E-state index contributed by atoms with van der Waals surface area (Å²) in [5.74, 6) is 0.930. The predicted octanol–water partition coefficient (Wildman–Crippen LogP) is 0.263. The second-order valence-corrected chi connectivity index (χ2v) is 4.75. The van der Waals surface area contributed by atoms with Crippen LogP contribution in [0.5, 0.6) is 0 Å². The van der Waals surface area contributed by atoms with Crippen LogP contribution in [-0.2, 0) is 9.53 Å². The van der Waals surface area contributed by atoms with Crippen LogP contribution < -0.4 is 11.1 Å². The Kier molecular flexibility index (Phi) is 2.98. The van der Waals surface area contributed by atoms with Gasteiger partial charge in [-0.2, -0.15) is 0 Å². The molecular formula is C11H20N2O2. The van der Waals surface area contributed by atoms with Gasteiger partial charge in [0.05, 0.1) is 12.1 Å². The van der Waals surface area contributed by atoms with Crippen LogP contribution in [0.2, 0.25) is 0 Å². The van der Waals surface area contributed by atoms with Crippen LogP contribution in [0.15, 0.2) is 0 Å². The number of hydrogen-bond donors (Lipinski definition) is 2. The number of carbonyl (C=O) groups excluding carboxylic acids is 1. The summed E-state index contributed by atoms with van der Waals surface area (Å²) in [5.41, 5.74) is 5.85. The summed E-state index contributed by atoms with van der Waals surface area (Å²) in [5, 5.41) is 3.00. The summed E-state index contributed by atoms with van der Waals surface area (Å²) in [6, 6.07) is 0.102. The summed E-state index contributed by atoms with van der Waals surface area (Å²) >= 11 is 0. The van der Waals surface area contributed by atoms with E-state index in [1.165, 1.54) is 0 Å². The highest BCUT2D eigenvalue weighted by molar-refractivity contribution is 5.82. The van der Waals surface area contributed by atoms with E-state index in [2.05, 4.69) is 12.2 Å². The van der Waals surface area contributed by atoms with Gasteiger partial charge in [-0.3, -0.25) is 4.79 Å². The molecule has 0 aromatic heterocycles. The first-order chi connectivity index (χ1) is 7.13. The molecule has 4 heteroatoms. The molecule has 0 heterocycles. The number of hydrogen-bond acceptors (Lipinski definition) is 3. The lowest BCUT2D eigenvalue weighted by atomic mass is 9.83. The zero-order valence-electron chi connectivity index (χ0n) is 9.40. The van der Waals surface area contributed by atoms with Crippen molar-refractivity contribution in [2.45, 2.75) is 44.9 Å². The van der Waals surface area contributed by atoms with E-state index in [4.69, 9.17) is 10.5 Å². The highest BCUT2D eigenvalue weighted by Gasteiger charge is 2.45. The normalized spacial score (nSPS) is 43.3. The Bertz CT molecular complexity index is 255. The largest absolute Gasteiger partial charge is 0.376 e. The van der Waals surface area contributed by atoms with E-state index in [1.807, 2.05) is 6.92 Å². The van der Waals surface area contributed by atoms with Crippen molar-refractivity contribution in [3.63, 3.8) is 0 Å². The quantitative estimate of drug-likeness (QED) is 0.702. The average Bonchev–Trinajstić information content (AvgIpc) is 2.91. The molecule has 5 unspecified atom stereocenters. The van der Waals surface area contributed by atoms with Crippen molar-refractivity contribution in [2.75, 3.05) is 6.61 Å². The first-order valence-corrected chi connectivity index (χ1v) is 5.81. The summed E-state index contributed by atoms with van der Waals surface area (Å²) in [4.78, 5) is 11.7. The summed E-state index contributed by atoms with van der Waals surface area (Å²) in [6.07, 6.45) is 2.01. The Labute approximate surface area is 90.5 Å². The van der Waals surface area contributed by atoms with E-state index in [-0.39, 0.29) is 30.0 Å². The topological polar surface area (TPSA) is 64.3 Å². The highest BCUT2D eigenvalue weighted by atomic mass is 16.5. The van der Waals surface area contributed by atoms with Crippen molar-refractivity contribution in [1.29, 1.82) is 0 Å². The molecule has 0 bridgehead atoms. The maximum atomic E-state index is 11.7. The number of carbonyl (C=O) groups is 1. The van der Waals surface area contributed by atoms with Crippen LogP contribution in [0, 0.1) is 11.8 Å². The fourth-order valence-electron chi connectivity index (χ4n) is 2.19. The molecule has 2 saturated carbocycles. The maximum Gasteiger partial charge on any atom is 0.223 e. The molecule has 0 saturated heterocycles. The van der Waals surface area contributed by atoms with E-state index in [1.54, 1.807) is 0 Å². The molecule has 0 spiro atoms. The van der Waals surface area contributed by atoms with Gasteiger partial charge in [-0.05, 0) is 25.7 Å². The summed E-state index contributed by atoms with van der Waals surface area (Å²) < 4.78 is 5.49. The molecule has 15 heavy (non-hydrogen) atoms. The molecule has 0 aliphatic heterocycles. The van der Waals surface area contributed by atoms with E-state index >= 15 is 0 Å². The average molecular weight is 212 g/mol. The standard InChI is InChI=1S/C11H20N2O2/c1-3-15-9-5-8(12)10(9)13-11(14)7-4-6(7)2/h6-10H,3-5,12H2,1-2H3,(H,13,14). The third kappa shape index (κ3) is 2.16. The van der Waals surface area contributed by atoms with Crippen LogP contribution >= 0.6 is 0 Å². The van der Waals surface area contributed by atoms with Gasteiger partial charge in [0, 0.05) is 18.6 Å². The highest BCUT2D eigenvalue weighted by Crippen LogP contribution is 2.38. The summed E-state index contributed by atoms with van der Waals surface area (Å²) in [6.45, 7) is 4.75. The molecule has 0 radical (unpaired) electrons. The van der Waals surface area contributed by atoms with Gasteiger partial charge in [-0.1, -0.05) is 6.92 Å². The van der Waals surface area contributed by atoms with Gasteiger partial charge in [-0.15, -0.1) is 0 Å².